The van der Waals surface area contributed by atoms with Gasteiger partial charge in [0.1, 0.15) is 0 Å². The number of hydrogen-bond donors (Lipinski definition) is 2. The Balaban J connectivity index is 2.67. The zero-order valence-corrected chi connectivity index (χ0v) is 12.2. The molecule has 1 rings (SSSR count). The summed E-state index contributed by atoms with van der Waals surface area (Å²) < 4.78 is 0.720. The lowest BCUT2D eigenvalue weighted by Crippen LogP contribution is -2.40. The van der Waals surface area contributed by atoms with Gasteiger partial charge in [-0.05, 0) is 40.0 Å². The lowest BCUT2D eigenvalue weighted by Gasteiger charge is -2.16. The summed E-state index contributed by atoms with van der Waals surface area (Å²) >= 11 is 9.16. The highest BCUT2D eigenvalue weighted by Gasteiger charge is 2.13. The van der Waals surface area contributed by atoms with Gasteiger partial charge in [-0.1, -0.05) is 25.4 Å². The average molecular weight is 320 g/mol. The Hall–Kier alpha value is -0.580. The Morgan fingerprint density at radius 1 is 1.53 bits per heavy atom. The van der Waals surface area contributed by atoms with Crippen LogP contribution in [0.15, 0.2) is 22.7 Å². The fraction of sp³-hybridized carbons (Fsp3) is 0.417. The molecule has 17 heavy (non-hydrogen) atoms. The fourth-order valence-corrected chi connectivity index (χ4v) is 1.81. The molecular weight excluding hydrogens is 304 g/mol. The number of nitrogens with one attached hydrogen (secondary N) is 1. The van der Waals surface area contributed by atoms with E-state index in [9.17, 15) is 4.79 Å². The van der Waals surface area contributed by atoms with Gasteiger partial charge in [0, 0.05) is 22.1 Å². The quantitative estimate of drug-likeness (QED) is 0.896. The number of carbonyl (C=O) groups is 1. The van der Waals surface area contributed by atoms with Crippen molar-refractivity contribution < 1.29 is 4.79 Å². The van der Waals surface area contributed by atoms with Gasteiger partial charge in [-0.15, -0.1) is 0 Å². The van der Waals surface area contributed by atoms with Gasteiger partial charge in [-0.3, -0.25) is 4.79 Å². The van der Waals surface area contributed by atoms with Gasteiger partial charge in [0.2, 0.25) is 0 Å². The van der Waals surface area contributed by atoms with E-state index >= 15 is 0 Å². The van der Waals surface area contributed by atoms with E-state index in [0.29, 0.717) is 23.0 Å². The standard InChI is InChI=1S/C12H16BrClN2O/c1-7(2)11(15)6-16-12(17)9-5-8(14)3-4-10(9)13/h3-5,7,11H,6,15H2,1-2H3,(H,16,17). The van der Waals surface area contributed by atoms with Gasteiger partial charge in [0.25, 0.3) is 5.91 Å². The molecule has 3 nitrogen and oxygen atoms in total. The SMILES string of the molecule is CC(C)C(N)CNC(=O)c1cc(Cl)ccc1Br. The molecule has 0 aliphatic rings. The highest BCUT2D eigenvalue weighted by molar-refractivity contribution is 9.10. The third-order valence-electron chi connectivity index (χ3n) is 2.53. The van der Waals surface area contributed by atoms with E-state index in [0.717, 1.165) is 4.47 Å². The molecule has 1 aromatic rings. The van der Waals surface area contributed by atoms with E-state index in [2.05, 4.69) is 21.2 Å². The lowest BCUT2D eigenvalue weighted by molar-refractivity contribution is 0.0948. The lowest BCUT2D eigenvalue weighted by atomic mass is 10.1. The topological polar surface area (TPSA) is 55.1 Å². The molecule has 0 heterocycles. The van der Waals surface area contributed by atoms with Crippen LogP contribution in [0.5, 0.6) is 0 Å². The van der Waals surface area contributed by atoms with Crippen LogP contribution < -0.4 is 11.1 Å². The third kappa shape index (κ3) is 4.30. The molecule has 1 unspecified atom stereocenters. The van der Waals surface area contributed by atoms with Crippen molar-refractivity contribution in [2.75, 3.05) is 6.54 Å². The molecule has 0 saturated carbocycles. The van der Waals surface area contributed by atoms with E-state index in [1.54, 1.807) is 18.2 Å². The third-order valence-corrected chi connectivity index (χ3v) is 3.45. The molecule has 5 heteroatoms. The molecule has 0 saturated heterocycles. The van der Waals surface area contributed by atoms with Gasteiger partial charge in [0.05, 0.1) is 5.56 Å². The Bertz CT molecular complexity index is 409. The van der Waals surface area contributed by atoms with Gasteiger partial charge < -0.3 is 11.1 Å². The van der Waals surface area contributed by atoms with Crippen molar-refractivity contribution in [3.63, 3.8) is 0 Å². The summed E-state index contributed by atoms with van der Waals surface area (Å²) in [7, 11) is 0. The van der Waals surface area contributed by atoms with Gasteiger partial charge in [0.15, 0.2) is 0 Å². The fourth-order valence-electron chi connectivity index (χ4n) is 1.21. The van der Waals surface area contributed by atoms with Crippen LogP contribution in [0.4, 0.5) is 0 Å². The first kappa shape index (κ1) is 14.5. The van der Waals surface area contributed by atoms with Crippen LogP contribution in [0.1, 0.15) is 24.2 Å². The van der Waals surface area contributed by atoms with Crippen LogP contribution in [0.25, 0.3) is 0 Å². The van der Waals surface area contributed by atoms with Crippen molar-refractivity contribution in [3.05, 3.63) is 33.3 Å². The molecule has 94 valence electrons. The number of nitrogens with two attached hydrogens (primary N) is 1. The summed E-state index contributed by atoms with van der Waals surface area (Å²) in [6.07, 6.45) is 0. The largest absolute Gasteiger partial charge is 0.350 e. The maximum atomic E-state index is 11.9. The second-order valence-corrected chi connectivity index (χ2v) is 5.53. The van der Waals surface area contributed by atoms with Gasteiger partial charge in [-0.25, -0.2) is 0 Å². The molecule has 0 aromatic heterocycles. The molecule has 0 spiro atoms. The van der Waals surface area contributed by atoms with Crippen molar-refractivity contribution in [1.82, 2.24) is 5.32 Å². The molecule has 0 bridgehead atoms. The highest BCUT2D eigenvalue weighted by Crippen LogP contribution is 2.20. The maximum Gasteiger partial charge on any atom is 0.252 e. The van der Waals surface area contributed by atoms with Crippen molar-refractivity contribution in [2.24, 2.45) is 11.7 Å². The van der Waals surface area contributed by atoms with Crippen LogP contribution in [0.3, 0.4) is 0 Å². The summed E-state index contributed by atoms with van der Waals surface area (Å²) in [6, 6.07) is 5.06. The molecule has 0 fully saturated rings. The minimum atomic E-state index is -0.171. The zero-order valence-electron chi connectivity index (χ0n) is 9.84. The van der Waals surface area contributed by atoms with Crippen LogP contribution in [0.2, 0.25) is 5.02 Å². The van der Waals surface area contributed by atoms with Crippen LogP contribution >= 0.6 is 27.5 Å². The van der Waals surface area contributed by atoms with Crippen molar-refractivity contribution >= 4 is 33.4 Å². The van der Waals surface area contributed by atoms with E-state index in [-0.39, 0.29) is 11.9 Å². The van der Waals surface area contributed by atoms with E-state index < -0.39 is 0 Å². The molecule has 0 aliphatic heterocycles. The van der Waals surface area contributed by atoms with Gasteiger partial charge in [-0.2, -0.15) is 0 Å². The second kappa shape index (κ2) is 6.38. The normalized spacial score (nSPS) is 12.6. The van der Waals surface area contributed by atoms with E-state index in [1.165, 1.54) is 0 Å². The van der Waals surface area contributed by atoms with E-state index in [1.807, 2.05) is 13.8 Å². The molecule has 0 aliphatic carbocycles. The summed E-state index contributed by atoms with van der Waals surface area (Å²) in [4.78, 5) is 11.9. The minimum absolute atomic E-state index is 0.0445. The summed E-state index contributed by atoms with van der Waals surface area (Å²) in [5.74, 6) is 0.161. The highest BCUT2D eigenvalue weighted by atomic mass is 79.9. The molecule has 0 radical (unpaired) electrons. The first-order chi connectivity index (χ1) is 7.91. The van der Waals surface area contributed by atoms with Gasteiger partial charge >= 0.3 is 0 Å². The average Bonchev–Trinajstić information content (AvgIpc) is 2.28. The zero-order chi connectivity index (χ0) is 13.0. The Kier molecular flexibility index (Phi) is 5.43. The Labute approximate surface area is 115 Å². The number of rotatable bonds is 4. The van der Waals surface area contributed by atoms with E-state index in [4.69, 9.17) is 17.3 Å². The molecule has 1 aromatic carbocycles. The minimum Gasteiger partial charge on any atom is -0.350 e. The van der Waals surface area contributed by atoms with Crippen LogP contribution in [0, 0.1) is 5.92 Å². The number of halogens is 2. The van der Waals surface area contributed by atoms with Crippen molar-refractivity contribution in [1.29, 1.82) is 0 Å². The number of benzene rings is 1. The first-order valence-electron chi connectivity index (χ1n) is 5.40. The Morgan fingerprint density at radius 3 is 2.76 bits per heavy atom. The number of carbonyl (C=O) groups excluding carboxylic acids is 1. The van der Waals surface area contributed by atoms with Crippen LogP contribution in [-0.4, -0.2) is 18.5 Å². The molecular formula is C12H16BrClN2O. The number of amides is 1. The summed E-state index contributed by atoms with van der Waals surface area (Å²) in [5, 5.41) is 3.33. The predicted octanol–water partition coefficient (Wildman–Crippen LogP) is 2.82. The maximum absolute atomic E-state index is 11.9. The predicted molar refractivity (Wildman–Crippen MR) is 74.3 cm³/mol. The summed E-state index contributed by atoms with van der Waals surface area (Å²) in [6.45, 7) is 4.49. The second-order valence-electron chi connectivity index (χ2n) is 4.24. The number of hydrogen-bond acceptors (Lipinski definition) is 2. The van der Waals surface area contributed by atoms with Crippen LogP contribution in [-0.2, 0) is 0 Å². The molecule has 3 N–H and O–H groups in total. The smallest absolute Gasteiger partial charge is 0.252 e. The monoisotopic (exact) mass is 318 g/mol. The van der Waals surface area contributed by atoms with Crippen molar-refractivity contribution in [2.45, 2.75) is 19.9 Å². The molecule has 1 amide bonds. The van der Waals surface area contributed by atoms with Crippen molar-refractivity contribution in [3.8, 4) is 0 Å². The Morgan fingerprint density at radius 2 is 2.18 bits per heavy atom. The summed E-state index contributed by atoms with van der Waals surface area (Å²) in [5.41, 5.74) is 6.38. The first-order valence-corrected chi connectivity index (χ1v) is 6.57. The molecule has 1 atom stereocenters.